The van der Waals surface area contributed by atoms with E-state index < -0.39 is 5.41 Å². The molecule has 1 aromatic carbocycles. The molecule has 0 heterocycles. The van der Waals surface area contributed by atoms with Gasteiger partial charge in [0, 0.05) is 0 Å². The minimum Gasteiger partial charge on any atom is -0.462 e. The van der Waals surface area contributed by atoms with Crippen LogP contribution in [0.1, 0.15) is 69.9 Å². The van der Waals surface area contributed by atoms with Crippen LogP contribution in [0.25, 0.3) is 0 Å². The van der Waals surface area contributed by atoms with Crippen molar-refractivity contribution in [3.8, 4) is 6.07 Å². The number of rotatable bonds is 5. The van der Waals surface area contributed by atoms with Gasteiger partial charge in [-0.05, 0) is 43.9 Å². The summed E-state index contributed by atoms with van der Waals surface area (Å²) in [6, 6.07) is 9.58. The molecule has 0 aromatic heterocycles. The van der Waals surface area contributed by atoms with E-state index >= 15 is 0 Å². The Kier molecular flexibility index (Phi) is 5.60. The van der Waals surface area contributed by atoms with E-state index in [2.05, 4.69) is 13.0 Å². The van der Waals surface area contributed by atoms with Crippen LogP contribution in [0.2, 0.25) is 0 Å². The van der Waals surface area contributed by atoms with Gasteiger partial charge in [0.1, 0.15) is 0 Å². The number of ether oxygens (including phenoxy) is 1. The van der Waals surface area contributed by atoms with E-state index in [0.717, 1.165) is 44.1 Å². The molecule has 2 rings (SSSR count). The quantitative estimate of drug-likeness (QED) is 0.753. The number of hydrogen-bond donors (Lipinski definition) is 0. The highest BCUT2D eigenvalue weighted by atomic mass is 16.5. The Hall–Kier alpha value is -1.82. The number of nitriles is 1. The third kappa shape index (κ3) is 3.50. The van der Waals surface area contributed by atoms with Crippen molar-refractivity contribution in [1.29, 1.82) is 5.26 Å². The minimum atomic E-state index is -0.520. The Morgan fingerprint density at radius 3 is 2.45 bits per heavy atom. The van der Waals surface area contributed by atoms with E-state index in [1.54, 1.807) is 12.1 Å². The van der Waals surface area contributed by atoms with Crippen molar-refractivity contribution in [2.45, 2.75) is 70.3 Å². The van der Waals surface area contributed by atoms with Crippen LogP contribution in [0.4, 0.5) is 0 Å². The normalized spacial score (nSPS) is 18.2. The fourth-order valence-corrected chi connectivity index (χ4v) is 3.39. The van der Waals surface area contributed by atoms with Crippen molar-refractivity contribution in [1.82, 2.24) is 0 Å². The molecule has 0 spiro atoms. The molecule has 1 saturated carbocycles. The van der Waals surface area contributed by atoms with Gasteiger partial charge in [0.05, 0.1) is 23.2 Å². The van der Waals surface area contributed by atoms with Gasteiger partial charge in [-0.15, -0.1) is 0 Å². The third-order valence-corrected chi connectivity index (χ3v) is 4.67. The Morgan fingerprint density at radius 1 is 1.27 bits per heavy atom. The third-order valence-electron chi connectivity index (χ3n) is 4.67. The van der Waals surface area contributed by atoms with Gasteiger partial charge in [-0.2, -0.15) is 5.26 Å². The monoisotopic (exact) mass is 299 g/mol. The number of carbonyl (C=O) groups excluding carboxylic acids is 1. The van der Waals surface area contributed by atoms with E-state index in [-0.39, 0.29) is 12.1 Å². The maximum absolute atomic E-state index is 12.9. The van der Waals surface area contributed by atoms with Gasteiger partial charge in [0.2, 0.25) is 0 Å². The SMILES string of the molecule is CCCC(C)OC(=O)C1(c2ccc(C#N)cc2)CCCCC1. The first-order valence-corrected chi connectivity index (χ1v) is 8.34. The first-order valence-electron chi connectivity index (χ1n) is 8.34. The van der Waals surface area contributed by atoms with Gasteiger partial charge in [-0.25, -0.2) is 0 Å². The van der Waals surface area contributed by atoms with Crippen molar-refractivity contribution < 1.29 is 9.53 Å². The molecule has 0 aliphatic heterocycles. The molecule has 0 N–H and O–H groups in total. The van der Waals surface area contributed by atoms with Crippen LogP contribution in [-0.4, -0.2) is 12.1 Å². The van der Waals surface area contributed by atoms with E-state index in [0.29, 0.717) is 5.56 Å². The van der Waals surface area contributed by atoms with Gasteiger partial charge in [0.25, 0.3) is 0 Å². The van der Waals surface area contributed by atoms with E-state index in [4.69, 9.17) is 10.00 Å². The second-order valence-corrected chi connectivity index (χ2v) is 6.34. The van der Waals surface area contributed by atoms with Gasteiger partial charge >= 0.3 is 5.97 Å². The number of benzene rings is 1. The molecule has 0 radical (unpaired) electrons. The lowest BCUT2D eigenvalue weighted by Gasteiger charge is -2.36. The van der Waals surface area contributed by atoms with Crippen LogP contribution >= 0.6 is 0 Å². The summed E-state index contributed by atoms with van der Waals surface area (Å²) in [5.41, 5.74) is 1.11. The Balaban J connectivity index is 2.26. The average Bonchev–Trinajstić information content (AvgIpc) is 2.55. The molecule has 3 heteroatoms. The predicted molar refractivity (Wildman–Crippen MR) is 86.4 cm³/mol. The van der Waals surface area contributed by atoms with Gasteiger partial charge in [-0.3, -0.25) is 4.79 Å². The molecular formula is C19H25NO2. The molecule has 1 aromatic rings. The van der Waals surface area contributed by atoms with E-state index in [9.17, 15) is 4.79 Å². The predicted octanol–water partition coefficient (Wildman–Crippen LogP) is 4.49. The second kappa shape index (κ2) is 7.45. The molecule has 1 atom stereocenters. The van der Waals surface area contributed by atoms with Crippen LogP contribution in [0.5, 0.6) is 0 Å². The molecule has 0 amide bonds. The van der Waals surface area contributed by atoms with Crippen LogP contribution in [0, 0.1) is 11.3 Å². The van der Waals surface area contributed by atoms with Crippen molar-refractivity contribution in [3.05, 3.63) is 35.4 Å². The lowest BCUT2D eigenvalue weighted by atomic mass is 9.69. The summed E-state index contributed by atoms with van der Waals surface area (Å²) in [5, 5.41) is 8.95. The smallest absolute Gasteiger partial charge is 0.316 e. The number of esters is 1. The van der Waals surface area contributed by atoms with E-state index in [1.807, 2.05) is 19.1 Å². The van der Waals surface area contributed by atoms with Crippen molar-refractivity contribution in [3.63, 3.8) is 0 Å². The molecule has 1 unspecified atom stereocenters. The molecule has 0 bridgehead atoms. The number of nitrogens with zero attached hydrogens (tertiary/aromatic N) is 1. The van der Waals surface area contributed by atoms with E-state index in [1.165, 1.54) is 6.42 Å². The topological polar surface area (TPSA) is 50.1 Å². The highest BCUT2D eigenvalue weighted by Crippen LogP contribution is 2.41. The zero-order valence-corrected chi connectivity index (χ0v) is 13.6. The van der Waals surface area contributed by atoms with Crippen LogP contribution in [0.3, 0.4) is 0 Å². The number of carbonyl (C=O) groups is 1. The van der Waals surface area contributed by atoms with Gasteiger partial charge in [0.15, 0.2) is 0 Å². The molecule has 1 aliphatic carbocycles. The summed E-state index contributed by atoms with van der Waals surface area (Å²) in [6.07, 6.45) is 6.85. The fourth-order valence-electron chi connectivity index (χ4n) is 3.39. The summed E-state index contributed by atoms with van der Waals surface area (Å²) in [5.74, 6) is -0.0853. The largest absolute Gasteiger partial charge is 0.462 e. The summed E-state index contributed by atoms with van der Waals surface area (Å²) in [7, 11) is 0. The van der Waals surface area contributed by atoms with Crippen molar-refractivity contribution >= 4 is 5.97 Å². The highest BCUT2D eigenvalue weighted by molar-refractivity contribution is 5.83. The van der Waals surface area contributed by atoms with Crippen molar-refractivity contribution in [2.24, 2.45) is 0 Å². The molecular weight excluding hydrogens is 274 g/mol. The fraction of sp³-hybridized carbons (Fsp3) is 0.579. The zero-order valence-electron chi connectivity index (χ0n) is 13.6. The standard InChI is InChI=1S/C19H25NO2/c1-3-7-15(2)22-18(21)19(12-5-4-6-13-19)17-10-8-16(14-20)9-11-17/h8-11,15H,3-7,12-13H2,1-2H3. The summed E-state index contributed by atoms with van der Waals surface area (Å²) >= 11 is 0. The summed E-state index contributed by atoms with van der Waals surface area (Å²) < 4.78 is 5.74. The molecule has 1 fully saturated rings. The molecule has 1 aliphatic rings. The highest BCUT2D eigenvalue weighted by Gasteiger charge is 2.43. The molecule has 0 saturated heterocycles. The summed E-state index contributed by atoms with van der Waals surface area (Å²) in [4.78, 5) is 12.9. The number of hydrogen-bond acceptors (Lipinski definition) is 3. The molecule has 22 heavy (non-hydrogen) atoms. The summed E-state index contributed by atoms with van der Waals surface area (Å²) in [6.45, 7) is 4.07. The van der Waals surface area contributed by atoms with Gasteiger partial charge in [-0.1, -0.05) is 44.7 Å². The van der Waals surface area contributed by atoms with Crippen LogP contribution < -0.4 is 0 Å². The van der Waals surface area contributed by atoms with Crippen molar-refractivity contribution in [2.75, 3.05) is 0 Å². The maximum atomic E-state index is 12.9. The lowest BCUT2D eigenvalue weighted by Crippen LogP contribution is -2.40. The Morgan fingerprint density at radius 2 is 1.91 bits per heavy atom. The lowest BCUT2D eigenvalue weighted by molar-refractivity contribution is -0.157. The second-order valence-electron chi connectivity index (χ2n) is 6.34. The average molecular weight is 299 g/mol. The Bertz CT molecular complexity index is 536. The maximum Gasteiger partial charge on any atom is 0.316 e. The van der Waals surface area contributed by atoms with Crippen LogP contribution in [-0.2, 0) is 14.9 Å². The molecule has 3 nitrogen and oxygen atoms in total. The van der Waals surface area contributed by atoms with Gasteiger partial charge < -0.3 is 4.74 Å². The minimum absolute atomic E-state index is 0.0327. The first-order chi connectivity index (χ1) is 10.6. The first kappa shape index (κ1) is 16.5. The zero-order chi connectivity index (χ0) is 16.0. The Labute approximate surface area is 133 Å². The molecule has 118 valence electrons. The van der Waals surface area contributed by atoms with Crippen LogP contribution in [0.15, 0.2) is 24.3 Å².